The Balaban J connectivity index is 1.95. The van der Waals surface area contributed by atoms with Crippen LogP contribution in [-0.2, 0) is 0 Å². The lowest BCUT2D eigenvalue weighted by atomic mass is 10.1. The fourth-order valence-corrected chi connectivity index (χ4v) is 3.32. The van der Waals surface area contributed by atoms with Gasteiger partial charge >= 0.3 is 0 Å². The number of aliphatic hydroxyl groups excluding tert-OH is 1. The van der Waals surface area contributed by atoms with Gasteiger partial charge in [-0.05, 0) is 48.5 Å². The summed E-state index contributed by atoms with van der Waals surface area (Å²) in [4.78, 5) is 7.95. The van der Waals surface area contributed by atoms with Gasteiger partial charge in [-0.25, -0.2) is 9.37 Å². The van der Waals surface area contributed by atoms with Gasteiger partial charge in [0.2, 0.25) is 0 Å². The normalized spacial score (nSPS) is 12.6. The maximum atomic E-state index is 13.7. The Bertz CT molecular complexity index is 1120. The number of hydrogen-bond acceptors (Lipinski definition) is 5. The summed E-state index contributed by atoms with van der Waals surface area (Å²) >= 11 is 0. The molecule has 0 amide bonds. The van der Waals surface area contributed by atoms with Gasteiger partial charge < -0.3 is 20.6 Å². The molecule has 4 aromatic rings. The molecule has 7 heteroatoms. The third-order valence-electron chi connectivity index (χ3n) is 4.70. The molecule has 0 saturated heterocycles. The Kier molecular flexibility index (Phi) is 4.95. The molecule has 0 aliphatic heterocycles. The van der Waals surface area contributed by atoms with Crippen LogP contribution in [0.4, 0.5) is 4.39 Å². The number of nitrogens with zero attached hydrogens (tertiary/aromatic N) is 1. The van der Waals surface area contributed by atoms with E-state index in [2.05, 4.69) is 15.3 Å². The summed E-state index contributed by atoms with van der Waals surface area (Å²) in [6.45, 7) is 0.856. The number of hydrogen-bond donors (Lipinski definition) is 4. The van der Waals surface area contributed by atoms with E-state index in [4.69, 9.17) is 10.5 Å². The summed E-state index contributed by atoms with van der Waals surface area (Å²) in [5.41, 5.74) is 8.96. The van der Waals surface area contributed by atoms with E-state index < -0.39 is 6.23 Å². The van der Waals surface area contributed by atoms with E-state index >= 15 is 0 Å². The van der Waals surface area contributed by atoms with E-state index in [9.17, 15) is 9.50 Å². The van der Waals surface area contributed by atoms with Crippen molar-refractivity contribution in [3.63, 3.8) is 0 Å². The number of rotatable bonds is 6. The van der Waals surface area contributed by atoms with Crippen LogP contribution >= 0.6 is 0 Å². The second-order valence-corrected chi connectivity index (χ2v) is 6.51. The Morgan fingerprint density at radius 3 is 2.68 bits per heavy atom. The van der Waals surface area contributed by atoms with Gasteiger partial charge in [-0.2, -0.15) is 0 Å². The predicted octanol–water partition coefficient (Wildman–Crippen LogP) is 3.07. The lowest BCUT2D eigenvalue weighted by Gasteiger charge is -2.14. The number of aliphatic hydroxyl groups is 1. The van der Waals surface area contributed by atoms with Gasteiger partial charge in [-0.1, -0.05) is 0 Å². The quantitative estimate of drug-likeness (QED) is 0.386. The molecule has 4 rings (SSSR count). The average Bonchev–Trinajstić information content (AvgIpc) is 3.08. The molecule has 0 saturated carbocycles. The van der Waals surface area contributed by atoms with Gasteiger partial charge in [0.25, 0.3) is 0 Å². The highest BCUT2D eigenvalue weighted by atomic mass is 19.1. The van der Waals surface area contributed by atoms with E-state index in [0.717, 1.165) is 27.6 Å². The van der Waals surface area contributed by atoms with Gasteiger partial charge in [0, 0.05) is 34.9 Å². The Morgan fingerprint density at radius 2 is 1.96 bits per heavy atom. The minimum atomic E-state index is -0.963. The molecule has 2 aromatic carbocycles. The SMILES string of the molecule is COc1ccc(-c2nc(C(O)NCCN)cc3c2[nH]c2cc(F)ccc23)cc1. The molecule has 0 spiro atoms. The predicted molar refractivity (Wildman–Crippen MR) is 108 cm³/mol. The third kappa shape index (κ3) is 3.31. The van der Waals surface area contributed by atoms with Crippen molar-refractivity contribution in [3.05, 3.63) is 60.0 Å². The molecule has 0 radical (unpaired) electrons. The van der Waals surface area contributed by atoms with E-state index in [-0.39, 0.29) is 5.82 Å². The second kappa shape index (κ2) is 7.55. The van der Waals surface area contributed by atoms with Gasteiger partial charge in [0.15, 0.2) is 0 Å². The maximum absolute atomic E-state index is 13.7. The molecule has 1 unspecified atom stereocenters. The van der Waals surface area contributed by atoms with Crippen molar-refractivity contribution in [1.29, 1.82) is 0 Å². The first-order chi connectivity index (χ1) is 13.6. The first-order valence-corrected chi connectivity index (χ1v) is 8.98. The van der Waals surface area contributed by atoms with Crippen molar-refractivity contribution in [2.45, 2.75) is 6.23 Å². The Morgan fingerprint density at radius 1 is 1.18 bits per heavy atom. The van der Waals surface area contributed by atoms with Crippen LogP contribution in [0.1, 0.15) is 11.9 Å². The van der Waals surface area contributed by atoms with Crippen molar-refractivity contribution in [1.82, 2.24) is 15.3 Å². The number of benzene rings is 2. The van der Waals surface area contributed by atoms with E-state index in [0.29, 0.717) is 30.0 Å². The maximum Gasteiger partial charge on any atom is 0.148 e. The molecule has 144 valence electrons. The topological polar surface area (TPSA) is 96.2 Å². The van der Waals surface area contributed by atoms with Crippen LogP contribution in [0.2, 0.25) is 0 Å². The molecular formula is C21H21FN4O2. The lowest BCUT2D eigenvalue weighted by Crippen LogP contribution is -2.27. The monoisotopic (exact) mass is 380 g/mol. The molecule has 0 bridgehead atoms. The van der Waals surface area contributed by atoms with Crippen LogP contribution in [0.5, 0.6) is 5.75 Å². The van der Waals surface area contributed by atoms with Crippen LogP contribution in [0.3, 0.4) is 0 Å². The summed E-state index contributed by atoms with van der Waals surface area (Å²) < 4.78 is 18.9. The number of ether oxygens (including phenoxy) is 1. The Labute approximate surface area is 161 Å². The molecule has 1 atom stereocenters. The molecule has 6 nitrogen and oxygen atoms in total. The van der Waals surface area contributed by atoms with Crippen molar-refractivity contribution in [2.75, 3.05) is 20.2 Å². The highest BCUT2D eigenvalue weighted by Crippen LogP contribution is 2.34. The Hall–Kier alpha value is -3.00. The van der Waals surface area contributed by atoms with E-state index in [1.807, 2.05) is 30.3 Å². The molecule has 2 heterocycles. The zero-order valence-electron chi connectivity index (χ0n) is 15.4. The number of aromatic amines is 1. The third-order valence-corrected chi connectivity index (χ3v) is 4.70. The fourth-order valence-electron chi connectivity index (χ4n) is 3.32. The van der Waals surface area contributed by atoms with Gasteiger partial charge in [0.05, 0.1) is 24.0 Å². The van der Waals surface area contributed by atoms with Gasteiger partial charge in [0.1, 0.15) is 17.8 Å². The lowest BCUT2D eigenvalue weighted by molar-refractivity contribution is 0.136. The van der Waals surface area contributed by atoms with Crippen LogP contribution in [0.15, 0.2) is 48.5 Å². The number of nitrogens with two attached hydrogens (primary N) is 1. The van der Waals surface area contributed by atoms with Gasteiger partial charge in [-0.3, -0.25) is 5.32 Å². The van der Waals surface area contributed by atoms with Crippen molar-refractivity contribution in [3.8, 4) is 17.0 Å². The molecule has 2 aromatic heterocycles. The minimum absolute atomic E-state index is 0.317. The highest BCUT2D eigenvalue weighted by molar-refractivity contribution is 6.11. The number of halogens is 1. The first kappa shape index (κ1) is 18.4. The number of pyridine rings is 1. The standard InChI is InChI=1S/C21H21FN4O2/c1-28-14-5-2-12(3-6-14)19-20-16(11-18(26-19)21(27)24-9-8-23)15-7-4-13(22)10-17(15)25-20/h2-7,10-11,21,24-25,27H,8-9,23H2,1H3. The molecule has 28 heavy (non-hydrogen) atoms. The molecule has 0 fully saturated rings. The number of nitrogens with one attached hydrogen (secondary N) is 2. The van der Waals surface area contributed by atoms with E-state index in [1.54, 1.807) is 13.2 Å². The second-order valence-electron chi connectivity index (χ2n) is 6.51. The van der Waals surface area contributed by atoms with Crippen LogP contribution in [0.25, 0.3) is 33.1 Å². The zero-order valence-corrected chi connectivity index (χ0v) is 15.4. The largest absolute Gasteiger partial charge is 0.497 e. The van der Waals surface area contributed by atoms with Crippen LogP contribution in [-0.4, -0.2) is 35.3 Å². The number of H-pyrrole nitrogens is 1. The number of aromatic nitrogens is 2. The molecule has 0 aliphatic rings. The minimum Gasteiger partial charge on any atom is -0.497 e. The van der Waals surface area contributed by atoms with Crippen LogP contribution < -0.4 is 15.8 Å². The van der Waals surface area contributed by atoms with Crippen LogP contribution in [0, 0.1) is 5.82 Å². The summed E-state index contributed by atoms with van der Waals surface area (Å²) in [6.07, 6.45) is -0.963. The summed E-state index contributed by atoms with van der Waals surface area (Å²) in [7, 11) is 1.61. The number of methoxy groups -OCH3 is 1. The summed E-state index contributed by atoms with van der Waals surface area (Å²) in [6, 6.07) is 13.9. The fraction of sp³-hybridized carbons (Fsp3) is 0.190. The zero-order chi connectivity index (χ0) is 19.7. The molecular weight excluding hydrogens is 359 g/mol. The highest BCUT2D eigenvalue weighted by Gasteiger charge is 2.17. The van der Waals surface area contributed by atoms with Crippen molar-refractivity contribution >= 4 is 21.8 Å². The van der Waals surface area contributed by atoms with Crippen molar-refractivity contribution < 1.29 is 14.2 Å². The number of fused-ring (bicyclic) bond motifs is 3. The molecule has 0 aliphatic carbocycles. The summed E-state index contributed by atoms with van der Waals surface area (Å²) in [5.74, 6) is 0.419. The smallest absolute Gasteiger partial charge is 0.148 e. The van der Waals surface area contributed by atoms with E-state index in [1.165, 1.54) is 12.1 Å². The van der Waals surface area contributed by atoms with Crippen molar-refractivity contribution in [2.24, 2.45) is 5.73 Å². The summed E-state index contributed by atoms with van der Waals surface area (Å²) in [5, 5.41) is 15.2. The van der Waals surface area contributed by atoms with Gasteiger partial charge in [-0.15, -0.1) is 0 Å². The molecule has 5 N–H and O–H groups in total. The average molecular weight is 380 g/mol. The first-order valence-electron chi connectivity index (χ1n) is 8.98.